The van der Waals surface area contributed by atoms with E-state index < -0.39 is 5.97 Å². The third-order valence-corrected chi connectivity index (χ3v) is 3.38. The number of benzene rings is 1. The predicted octanol–water partition coefficient (Wildman–Crippen LogP) is 1.81. The topological polar surface area (TPSA) is 98.7 Å². The van der Waals surface area contributed by atoms with Gasteiger partial charge < -0.3 is 15.7 Å². The van der Waals surface area contributed by atoms with Crippen molar-refractivity contribution in [2.45, 2.75) is 27.2 Å². The maximum atomic E-state index is 12.3. The molecular formula is C18H27N3O4. The van der Waals surface area contributed by atoms with Gasteiger partial charge in [-0.2, -0.15) is 0 Å². The molecule has 1 rings (SSSR count). The number of carbonyl (C=O) groups is 3. The molecule has 0 radical (unpaired) electrons. The SMILES string of the molecule is CCCN(CC(=O)O)CC(=O)Nc1ccccc1C(=O)NCC(C)C. The van der Waals surface area contributed by atoms with Crippen LogP contribution in [0, 0.1) is 5.92 Å². The van der Waals surface area contributed by atoms with Crippen LogP contribution in [0.4, 0.5) is 5.69 Å². The summed E-state index contributed by atoms with van der Waals surface area (Å²) in [5.74, 6) is -1.25. The van der Waals surface area contributed by atoms with Crippen molar-refractivity contribution in [2.24, 2.45) is 5.92 Å². The van der Waals surface area contributed by atoms with Crippen LogP contribution in [0.1, 0.15) is 37.6 Å². The summed E-state index contributed by atoms with van der Waals surface area (Å²) in [5, 5.41) is 14.4. The Bertz CT molecular complexity index is 602. The molecule has 0 unspecified atom stereocenters. The molecule has 0 aliphatic rings. The van der Waals surface area contributed by atoms with Gasteiger partial charge in [0.15, 0.2) is 0 Å². The average Bonchev–Trinajstić information content (AvgIpc) is 2.52. The van der Waals surface area contributed by atoms with E-state index in [4.69, 9.17) is 5.11 Å². The molecule has 0 saturated heterocycles. The number of amides is 2. The molecule has 0 aromatic heterocycles. The molecule has 3 N–H and O–H groups in total. The summed E-state index contributed by atoms with van der Waals surface area (Å²) in [6.45, 7) is 6.73. The molecule has 2 amide bonds. The molecule has 1 aromatic rings. The summed E-state index contributed by atoms with van der Waals surface area (Å²) in [7, 11) is 0. The number of nitrogens with one attached hydrogen (secondary N) is 2. The highest BCUT2D eigenvalue weighted by atomic mass is 16.4. The van der Waals surface area contributed by atoms with Crippen molar-refractivity contribution < 1.29 is 19.5 Å². The van der Waals surface area contributed by atoms with Crippen LogP contribution in [0.15, 0.2) is 24.3 Å². The van der Waals surface area contributed by atoms with E-state index in [0.29, 0.717) is 30.3 Å². The first-order valence-corrected chi connectivity index (χ1v) is 8.44. The highest BCUT2D eigenvalue weighted by Crippen LogP contribution is 2.15. The second-order valence-corrected chi connectivity index (χ2v) is 6.30. The Balaban J connectivity index is 2.76. The largest absolute Gasteiger partial charge is 0.480 e. The lowest BCUT2D eigenvalue weighted by Crippen LogP contribution is -2.37. The Morgan fingerprint density at radius 2 is 1.84 bits per heavy atom. The van der Waals surface area contributed by atoms with Gasteiger partial charge in [-0.15, -0.1) is 0 Å². The Hall–Kier alpha value is -2.41. The van der Waals surface area contributed by atoms with Crippen LogP contribution in [0.2, 0.25) is 0 Å². The number of nitrogens with zero attached hydrogens (tertiary/aromatic N) is 1. The molecular weight excluding hydrogens is 322 g/mol. The fourth-order valence-corrected chi connectivity index (χ4v) is 2.30. The van der Waals surface area contributed by atoms with Crippen molar-refractivity contribution in [3.05, 3.63) is 29.8 Å². The lowest BCUT2D eigenvalue weighted by molar-refractivity contribution is -0.138. The number of hydrogen-bond donors (Lipinski definition) is 3. The molecule has 7 nitrogen and oxygen atoms in total. The Morgan fingerprint density at radius 1 is 1.16 bits per heavy atom. The van der Waals surface area contributed by atoms with E-state index in [1.807, 2.05) is 20.8 Å². The Morgan fingerprint density at radius 3 is 2.44 bits per heavy atom. The summed E-state index contributed by atoms with van der Waals surface area (Å²) >= 11 is 0. The van der Waals surface area contributed by atoms with Crippen LogP contribution >= 0.6 is 0 Å². The van der Waals surface area contributed by atoms with Crippen LogP contribution in [0.5, 0.6) is 0 Å². The van der Waals surface area contributed by atoms with E-state index >= 15 is 0 Å². The number of aliphatic carboxylic acids is 1. The van der Waals surface area contributed by atoms with E-state index in [9.17, 15) is 14.4 Å². The summed E-state index contributed by atoms with van der Waals surface area (Å²) in [5.41, 5.74) is 0.803. The number of rotatable bonds is 10. The fourth-order valence-electron chi connectivity index (χ4n) is 2.30. The number of carboxylic acids is 1. The number of anilines is 1. The van der Waals surface area contributed by atoms with Crippen molar-refractivity contribution in [1.82, 2.24) is 10.2 Å². The van der Waals surface area contributed by atoms with Crippen LogP contribution in [0.3, 0.4) is 0 Å². The number of carbonyl (C=O) groups excluding carboxylic acids is 2. The van der Waals surface area contributed by atoms with Crippen molar-refractivity contribution in [3.63, 3.8) is 0 Å². The average molecular weight is 349 g/mol. The minimum absolute atomic E-state index is 0.0396. The zero-order chi connectivity index (χ0) is 18.8. The molecule has 0 aliphatic carbocycles. The first kappa shape index (κ1) is 20.6. The van der Waals surface area contributed by atoms with Gasteiger partial charge in [-0.1, -0.05) is 32.9 Å². The highest BCUT2D eigenvalue weighted by Gasteiger charge is 2.16. The van der Waals surface area contributed by atoms with E-state index in [-0.39, 0.29) is 24.9 Å². The highest BCUT2D eigenvalue weighted by molar-refractivity contribution is 6.04. The summed E-state index contributed by atoms with van der Waals surface area (Å²) in [6.07, 6.45) is 0.745. The number of carboxylic acid groups (broad SMARTS) is 1. The molecule has 0 saturated carbocycles. The van der Waals surface area contributed by atoms with E-state index in [1.165, 1.54) is 0 Å². The van der Waals surface area contributed by atoms with E-state index in [1.54, 1.807) is 29.2 Å². The van der Waals surface area contributed by atoms with Crippen LogP contribution in [-0.2, 0) is 9.59 Å². The molecule has 25 heavy (non-hydrogen) atoms. The monoisotopic (exact) mass is 349 g/mol. The van der Waals surface area contributed by atoms with Gasteiger partial charge in [0.2, 0.25) is 5.91 Å². The number of para-hydroxylation sites is 1. The fraction of sp³-hybridized carbons (Fsp3) is 0.500. The Kier molecular flexibility index (Phi) is 8.63. The second kappa shape index (κ2) is 10.5. The third-order valence-electron chi connectivity index (χ3n) is 3.38. The first-order chi connectivity index (χ1) is 11.8. The smallest absolute Gasteiger partial charge is 0.317 e. The minimum Gasteiger partial charge on any atom is -0.480 e. The van der Waals surface area contributed by atoms with Crippen molar-refractivity contribution in [2.75, 3.05) is 31.5 Å². The summed E-state index contributed by atoms with van der Waals surface area (Å²) in [6, 6.07) is 6.76. The van der Waals surface area contributed by atoms with Gasteiger partial charge >= 0.3 is 5.97 Å². The maximum Gasteiger partial charge on any atom is 0.317 e. The molecule has 1 aromatic carbocycles. The molecule has 0 bridgehead atoms. The van der Waals surface area contributed by atoms with Crippen LogP contribution in [0.25, 0.3) is 0 Å². The predicted molar refractivity (Wildman–Crippen MR) is 96.6 cm³/mol. The molecule has 0 fully saturated rings. The van der Waals surface area contributed by atoms with Gasteiger partial charge in [0.1, 0.15) is 0 Å². The van der Waals surface area contributed by atoms with E-state index in [0.717, 1.165) is 6.42 Å². The molecule has 0 heterocycles. The van der Waals surface area contributed by atoms with Crippen LogP contribution < -0.4 is 10.6 Å². The van der Waals surface area contributed by atoms with Crippen molar-refractivity contribution in [1.29, 1.82) is 0 Å². The third kappa shape index (κ3) is 7.80. The van der Waals surface area contributed by atoms with Gasteiger partial charge in [0.05, 0.1) is 24.3 Å². The van der Waals surface area contributed by atoms with Gasteiger partial charge in [-0.05, 0) is 31.0 Å². The first-order valence-electron chi connectivity index (χ1n) is 8.44. The Labute approximate surface area is 148 Å². The van der Waals surface area contributed by atoms with Gasteiger partial charge in [0, 0.05) is 6.54 Å². The molecule has 0 atom stereocenters. The van der Waals surface area contributed by atoms with Crippen molar-refractivity contribution >= 4 is 23.5 Å². The zero-order valence-corrected chi connectivity index (χ0v) is 15.0. The van der Waals surface area contributed by atoms with Gasteiger partial charge in [-0.3, -0.25) is 19.3 Å². The second-order valence-electron chi connectivity index (χ2n) is 6.30. The zero-order valence-electron chi connectivity index (χ0n) is 15.0. The van der Waals surface area contributed by atoms with Crippen LogP contribution in [-0.4, -0.2) is 54.0 Å². The molecule has 7 heteroatoms. The summed E-state index contributed by atoms with van der Waals surface area (Å²) in [4.78, 5) is 36.9. The summed E-state index contributed by atoms with van der Waals surface area (Å²) < 4.78 is 0. The standard InChI is InChI=1S/C18H27N3O4/c1-4-9-21(12-17(23)24)11-16(22)20-15-8-6-5-7-14(15)18(25)19-10-13(2)3/h5-8,13H,4,9-12H2,1-3H3,(H,19,25)(H,20,22)(H,23,24). The number of hydrogen-bond acceptors (Lipinski definition) is 4. The lowest BCUT2D eigenvalue weighted by atomic mass is 10.1. The molecule has 0 aliphatic heterocycles. The maximum absolute atomic E-state index is 12.3. The quantitative estimate of drug-likeness (QED) is 0.598. The molecule has 0 spiro atoms. The minimum atomic E-state index is -0.977. The normalized spacial score (nSPS) is 10.8. The van der Waals surface area contributed by atoms with Crippen molar-refractivity contribution in [3.8, 4) is 0 Å². The lowest BCUT2D eigenvalue weighted by Gasteiger charge is -2.19. The van der Waals surface area contributed by atoms with E-state index in [2.05, 4.69) is 10.6 Å². The van der Waals surface area contributed by atoms with Gasteiger partial charge in [-0.25, -0.2) is 0 Å². The molecule has 138 valence electrons. The van der Waals surface area contributed by atoms with Gasteiger partial charge in [0.25, 0.3) is 5.91 Å².